The Morgan fingerprint density at radius 1 is 1.21 bits per heavy atom. The van der Waals surface area contributed by atoms with Gasteiger partial charge in [-0.2, -0.15) is 0 Å². The first-order valence-electron chi connectivity index (χ1n) is 6.14. The second kappa shape index (κ2) is 5.65. The van der Waals surface area contributed by atoms with Gasteiger partial charge < -0.3 is 5.11 Å². The summed E-state index contributed by atoms with van der Waals surface area (Å²) in [6, 6.07) is 14.0. The van der Waals surface area contributed by atoms with E-state index in [1.165, 1.54) is 6.07 Å². The minimum atomic E-state index is -0.830. The zero-order valence-electron chi connectivity index (χ0n) is 10.6. The highest BCUT2D eigenvalue weighted by Crippen LogP contribution is 2.27. The quantitative estimate of drug-likeness (QED) is 0.897. The average molecular weight is 258 g/mol. The topological polar surface area (TPSA) is 37.3 Å². The van der Waals surface area contributed by atoms with Gasteiger partial charge in [0, 0.05) is 5.56 Å². The van der Waals surface area contributed by atoms with Gasteiger partial charge in [-0.15, -0.1) is 0 Å². The van der Waals surface area contributed by atoms with Crippen molar-refractivity contribution in [1.82, 2.24) is 0 Å². The summed E-state index contributed by atoms with van der Waals surface area (Å²) < 4.78 is 13.7. The number of aliphatic carboxylic acids is 1. The van der Waals surface area contributed by atoms with E-state index in [-0.39, 0.29) is 18.2 Å². The Labute approximate surface area is 111 Å². The van der Waals surface area contributed by atoms with Crippen molar-refractivity contribution in [2.45, 2.75) is 19.3 Å². The molecule has 0 heterocycles. The van der Waals surface area contributed by atoms with Crippen LogP contribution in [0, 0.1) is 5.82 Å². The van der Waals surface area contributed by atoms with Crippen LogP contribution in [-0.4, -0.2) is 11.1 Å². The van der Waals surface area contributed by atoms with Crippen molar-refractivity contribution in [2.75, 3.05) is 0 Å². The van der Waals surface area contributed by atoms with Gasteiger partial charge in [0.15, 0.2) is 0 Å². The van der Waals surface area contributed by atoms with Gasteiger partial charge in [0.25, 0.3) is 0 Å². The highest BCUT2D eigenvalue weighted by Gasteiger charge is 2.11. The number of carbonyl (C=O) groups is 1. The van der Waals surface area contributed by atoms with E-state index in [4.69, 9.17) is 5.11 Å². The summed E-state index contributed by atoms with van der Waals surface area (Å²) in [6.45, 7) is 1.86. The van der Waals surface area contributed by atoms with Crippen LogP contribution in [0.2, 0.25) is 0 Å². The molecule has 2 aromatic rings. The molecule has 0 aliphatic rings. The van der Waals surface area contributed by atoms with Crippen molar-refractivity contribution in [1.29, 1.82) is 0 Å². The molecule has 2 aromatic carbocycles. The first kappa shape index (κ1) is 13.3. The van der Waals surface area contributed by atoms with Crippen molar-refractivity contribution in [2.24, 2.45) is 0 Å². The Morgan fingerprint density at radius 3 is 2.63 bits per heavy atom. The van der Waals surface area contributed by atoms with Crippen molar-refractivity contribution in [3.8, 4) is 11.1 Å². The van der Waals surface area contributed by atoms with Crippen LogP contribution in [0.1, 0.15) is 24.8 Å². The van der Waals surface area contributed by atoms with Gasteiger partial charge in [-0.05, 0) is 23.1 Å². The van der Waals surface area contributed by atoms with Crippen LogP contribution in [0.3, 0.4) is 0 Å². The van der Waals surface area contributed by atoms with Crippen LogP contribution in [-0.2, 0) is 4.79 Å². The summed E-state index contributed by atoms with van der Waals surface area (Å²) >= 11 is 0. The van der Waals surface area contributed by atoms with Crippen LogP contribution in [0.25, 0.3) is 11.1 Å². The molecule has 0 saturated heterocycles. The molecule has 0 radical (unpaired) electrons. The van der Waals surface area contributed by atoms with Crippen LogP contribution in [0.4, 0.5) is 4.39 Å². The largest absolute Gasteiger partial charge is 0.481 e. The summed E-state index contributed by atoms with van der Waals surface area (Å²) in [4.78, 5) is 10.7. The molecule has 19 heavy (non-hydrogen) atoms. The first-order chi connectivity index (χ1) is 9.08. The summed E-state index contributed by atoms with van der Waals surface area (Å²) in [6.07, 6.45) is 0.0702. The van der Waals surface area contributed by atoms with Crippen molar-refractivity contribution < 1.29 is 14.3 Å². The van der Waals surface area contributed by atoms with E-state index in [1.807, 2.05) is 31.2 Å². The Kier molecular flexibility index (Phi) is 3.95. The van der Waals surface area contributed by atoms with Gasteiger partial charge >= 0.3 is 5.97 Å². The third kappa shape index (κ3) is 3.19. The van der Waals surface area contributed by atoms with Crippen LogP contribution < -0.4 is 0 Å². The number of carboxylic acids is 1. The third-order valence-corrected chi connectivity index (χ3v) is 3.12. The molecule has 98 valence electrons. The molecule has 2 nitrogen and oxygen atoms in total. The van der Waals surface area contributed by atoms with E-state index in [0.29, 0.717) is 5.56 Å². The van der Waals surface area contributed by atoms with E-state index in [1.54, 1.807) is 18.2 Å². The van der Waals surface area contributed by atoms with Crippen LogP contribution in [0.5, 0.6) is 0 Å². The highest BCUT2D eigenvalue weighted by molar-refractivity contribution is 5.69. The standard InChI is InChI=1S/C16H15FO2/c1-11(9-16(18)19)12-5-4-6-13(10-12)14-7-2-3-8-15(14)17/h2-8,10-11H,9H2,1H3,(H,18,19). The van der Waals surface area contributed by atoms with Crippen molar-refractivity contribution >= 4 is 5.97 Å². The molecule has 0 spiro atoms. The average Bonchev–Trinajstić information content (AvgIpc) is 2.38. The number of halogens is 1. The molecule has 0 bridgehead atoms. The molecule has 1 unspecified atom stereocenters. The minimum absolute atomic E-state index is 0.0702. The fourth-order valence-corrected chi connectivity index (χ4v) is 2.09. The number of carboxylic acid groups (broad SMARTS) is 1. The predicted octanol–water partition coefficient (Wildman–Crippen LogP) is 4.07. The number of benzene rings is 2. The van der Waals surface area contributed by atoms with Gasteiger partial charge in [0.2, 0.25) is 0 Å². The second-order valence-electron chi connectivity index (χ2n) is 4.60. The fourth-order valence-electron chi connectivity index (χ4n) is 2.09. The molecule has 3 heteroatoms. The minimum Gasteiger partial charge on any atom is -0.481 e. The Morgan fingerprint density at radius 2 is 1.95 bits per heavy atom. The molecule has 0 fully saturated rings. The normalized spacial score (nSPS) is 12.1. The van der Waals surface area contributed by atoms with E-state index in [2.05, 4.69) is 0 Å². The van der Waals surface area contributed by atoms with E-state index < -0.39 is 5.97 Å². The fraction of sp³-hybridized carbons (Fsp3) is 0.188. The van der Waals surface area contributed by atoms with Crippen LogP contribution in [0.15, 0.2) is 48.5 Å². The molecule has 1 N–H and O–H groups in total. The maximum Gasteiger partial charge on any atom is 0.303 e. The lowest BCUT2D eigenvalue weighted by atomic mass is 9.94. The second-order valence-corrected chi connectivity index (χ2v) is 4.60. The summed E-state index contributed by atoms with van der Waals surface area (Å²) in [5.41, 5.74) is 2.21. The molecular formula is C16H15FO2. The maximum absolute atomic E-state index is 13.7. The van der Waals surface area contributed by atoms with E-state index >= 15 is 0 Å². The molecule has 0 aliphatic carbocycles. The summed E-state index contributed by atoms with van der Waals surface area (Å²) in [7, 11) is 0. The lowest BCUT2D eigenvalue weighted by Crippen LogP contribution is -2.02. The van der Waals surface area contributed by atoms with Gasteiger partial charge in [0.1, 0.15) is 5.82 Å². The Bertz CT molecular complexity index is 593. The highest BCUT2D eigenvalue weighted by atomic mass is 19.1. The van der Waals surface area contributed by atoms with E-state index in [9.17, 15) is 9.18 Å². The predicted molar refractivity (Wildman–Crippen MR) is 72.5 cm³/mol. The number of hydrogen-bond acceptors (Lipinski definition) is 1. The van der Waals surface area contributed by atoms with Gasteiger partial charge in [0.05, 0.1) is 6.42 Å². The molecule has 0 aromatic heterocycles. The lowest BCUT2D eigenvalue weighted by Gasteiger charge is -2.11. The van der Waals surface area contributed by atoms with Crippen molar-refractivity contribution in [3.63, 3.8) is 0 Å². The number of hydrogen-bond donors (Lipinski definition) is 1. The zero-order chi connectivity index (χ0) is 13.8. The maximum atomic E-state index is 13.7. The lowest BCUT2D eigenvalue weighted by molar-refractivity contribution is -0.137. The molecular weight excluding hydrogens is 243 g/mol. The Hall–Kier alpha value is -2.16. The molecule has 2 rings (SSSR count). The Balaban J connectivity index is 2.34. The monoisotopic (exact) mass is 258 g/mol. The SMILES string of the molecule is CC(CC(=O)O)c1cccc(-c2ccccc2F)c1. The smallest absolute Gasteiger partial charge is 0.303 e. The number of rotatable bonds is 4. The first-order valence-corrected chi connectivity index (χ1v) is 6.14. The van der Waals surface area contributed by atoms with Gasteiger partial charge in [-0.3, -0.25) is 4.79 Å². The molecule has 0 amide bonds. The zero-order valence-corrected chi connectivity index (χ0v) is 10.6. The molecule has 1 atom stereocenters. The molecule has 0 saturated carbocycles. The van der Waals surface area contributed by atoms with E-state index in [0.717, 1.165) is 11.1 Å². The van der Waals surface area contributed by atoms with Gasteiger partial charge in [-0.25, -0.2) is 4.39 Å². The third-order valence-electron chi connectivity index (χ3n) is 3.12. The summed E-state index contributed by atoms with van der Waals surface area (Å²) in [5.74, 6) is -1.20. The van der Waals surface area contributed by atoms with Crippen molar-refractivity contribution in [3.05, 3.63) is 59.9 Å². The van der Waals surface area contributed by atoms with Crippen LogP contribution >= 0.6 is 0 Å². The molecule has 0 aliphatic heterocycles. The van der Waals surface area contributed by atoms with Gasteiger partial charge in [-0.1, -0.05) is 49.4 Å². The summed E-state index contributed by atoms with van der Waals surface area (Å²) in [5, 5.41) is 8.82.